The number of rotatable bonds is 4. The van der Waals surface area contributed by atoms with Crippen molar-refractivity contribution in [1.29, 1.82) is 0 Å². The lowest BCUT2D eigenvalue weighted by atomic mass is 9.73. The fourth-order valence-electron chi connectivity index (χ4n) is 6.16. The summed E-state index contributed by atoms with van der Waals surface area (Å²) >= 11 is 0. The number of phenols is 1. The van der Waals surface area contributed by atoms with Gasteiger partial charge < -0.3 is 9.84 Å². The first-order chi connectivity index (χ1) is 11.5. The van der Waals surface area contributed by atoms with E-state index >= 15 is 0 Å². The van der Waals surface area contributed by atoms with Crippen LogP contribution in [0.15, 0.2) is 12.1 Å². The zero-order valence-electron chi connectivity index (χ0n) is 15.6. The topological polar surface area (TPSA) is 29.5 Å². The molecule has 2 aliphatic carbocycles. The average molecular weight is 328 g/mol. The molecule has 1 N–H and O–H groups in total. The van der Waals surface area contributed by atoms with E-state index in [-0.39, 0.29) is 5.60 Å². The number of aryl methyl sites for hydroxylation is 1. The predicted molar refractivity (Wildman–Crippen MR) is 97.7 cm³/mol. The Morgan fingerprint density at radius 1 is 1.21 bits per heavy atom. The minimum absolute atomic E-state index is 0.0319. The maximum atomic E-state index is 10.8. The third kappa shape index (κ3) is 2.21. The van der Waals surface area contributed by atoms with E-state index in [1.54, 1.807) is 0 Å². The number of hydrogen-bond donors (Lipinski definition) is 1. The first-order valence-electron chi connectivity index (χ1n) is 10.0. The molecule has 1 heterocycles. The van der Waals surface area contributed by atoms with Crippen molar-refractivity contribution in [2.75, 3.05) is 0 Å². The van der Waals surface area contributed by atoms with Crippen molar-refractivity contribution in [1.82, 2.24) is 0 Å². The third-order valence-electron chi connectivity index (χ3n) is 7.52. The van der Waals surface area contributed by atoms with Crippen molar-refractivity contribution >= 4 is 0 Å². The van der Waals surface area contributed by atoms with Crippen molar-refractivity contribution in [2.45, 2.75) is 77.7 Å². The highest BCUT2D eigenvalue weighted by molar-refractivity contribution is 5.53. The lowest BCUT2D eigenvalue weighted by Crippen LogP contribution is -2.43. The molecule has 6 unspecified atom stereocenters. The van der Waals surface area contributed by atoms with Crippen LogP contribution in [0.1, 0.15) is 76.8 Å². The van der Waals surface area contributed by atoms with E-state index in [4.69, 9.17) is 4.74 Å². The Morgan fingerprint density at radius 2 is 2.00 bits per heavy atom. The van der Waals surface area contributed by atoms with Crippen molar-refractivity contribution in [3.63, 3.8) is 0 Å². The maximum absolute atomic E-state index is 10.8. The van der Waals surface area contributed by atoms with Crippen molar-refractivity contribution < 1.29 is 9.84 Å². The van der Waals surface area contributed by atoms with Gasteiger partial charge in [0.15, 0.2) is 0 Å². The first kappa shape index (κ1) is 16.3. The smallest absolute Gasteiger partial charge is 0.127 e. The van der Waals surface area contributed by atoms with E-state index in [0.29, 0.717) is 23.5 Å². The second-order valence-electron chi connectivity index (χ2n) is 8.87. The molecule has 2 heteroatoms. The molecule has 4 rings (SSSR count). The standard InChI is InChI=1S/C22H32O2/c1-5-6-7-8-15-11-17(23)20-18(12-15)24-22(4)10-9-16-13(2)14(3)19(20)21(16)22/h11-14,16,19,21,23H,5-10H2,1-4H3. The van der Waals surface area contributed by atoms with Gasteiger partial charge in [-0.15, -0.1) is 0 Å². The van der Waals surface area contributed by atoms with Crippen LogP contribution in [0.5, 0.6) is 11.5 Å². The van der Waals surface area contributed by atoms with Gasteiger partial charge in [0.1, 0.15) is 17.1 Å². The normalized spacial score (nSPS) is 39.4. The number of benzene rings is 1. The molecule has 2 saturated carbocycles. The van der Waals surface area contributed by atoms with Crippen LogP contribution >= 0.6 is 0 Å². The molecular formula is C22H32O2. The van der Waals surface area contributed by atoms with Crippen molar-refractivity contribution in [3.8, 4) is 11.5 Å². The Labute approximate surface area is 146 Å². The van der Waals surface area contributed by atoms with Gasteiger partial charge in [-0.1, -0.05) is 33.6 Å². The summed E-state index contributed by atoms with van der Waals surface area (Å²) in [5, 5.41) is 10.8. The Morgan fingerprint density at radius 3 is 2.75 bits per heavy atom. The summed E-state index contributed by atoms with van der Waals surface area (Å²) in [6.45, 7) is 9.35. The number of ether oxygens (including phenoxy) is 1. The molecule has 2 nitrogen and oxygen atoms in total. The number of unbranched alkanes of at least 4 members (excludes halogenated alkanes) is 2. The number of phenolic OH excluding ortho intramolecular Hbond substituents is 1. The van der Waals surface area contributed by atoms with Crippen LogP contribution in [-0.4, -0.2) is 10.7 Å². The lowest BCUT2D eigenvalue weighted by molar-refractivity contribution is 0.0123. The molecule has 6 atom stereocenters. The van der Waals surface area contributed by atoms with E-state index in [9.17, 15) is 5.11 Å². The van der Waals surface area contributed by atoms with E-state index < -0.39 is 0 Å². The van der Waals surface area contributed by atoms with Gasteiger partial charge in [0.05, 0.1) is 0 Å². The molecular weight excluding hydrogens is 296 g/mol. The molecule has 0 amide bonds. The zero-order chi connectivity index (χ0) is 17.1. The van der Waals surface area contributed by atoms with Gasteiger partial charge in [-0.2, -0.15) is 0 Å². The monoisotopic (exact) mass is 328 g/mol. The van der Waals surface area contributed by atoms with Crippen LogP contribution in [0, 0.1) is 23.7 Å². The van der Waals surface area contributed by atoms with Crippen LogP contribution in [-0.2, 0) is 6.42 Å². The Bertz CT molecular complexity index is 637. The summed E-state index contributed by atoms with van der Waals surface area (Å²) < 4.78 is 6.59. The predicted octanol–water partition coefficient (Wildman–Crippen LogP) is 5.67. The van der Waals surface area contributed by atoms with E-state index in [1.165, 1.54) is 31.2 Å². The van der Waals surface area contributed by atoms with Gasteiger partial charge in [0, 0.05) is 17.4 Å². The van der Waals surface area contributed by atoms with Crippen LogP contribution in [0.2, 0.25) is 0 Å². The van der Waals surface area contributed by atoms with Gasteiger partial charge in [-0.3, -0.25) is 0 Å². The molecule has 24 heavy (non-hydrogen) atoms. The summed E-state index contributed by atoms with van der Waals surface area (Å²) in [6, 6.07) is 4.25. The Balaban J connectivity index is 1.74. The molecule has 0 spiro atoms. The van der Waals surface area contributed by atoms with E-state index in [1.807, 2.05) is 6.07 Å². The Hall–Kier alpha value is -1.18. The van der Waals surface area contributed by atoms with Gasteiger partial charge in [0.2, 0.25) is 0 Å². The highest BCUT2D eigenvalue weighted by atomic mass is 16.5. The number of hydrogen-bond acceptors (Lipinski definition) is 2. The molecule has 132 valence electrons. The van der Waals surface area contributed by atoms with Gasteiger partial charge in [-0.05, 0) is 68.1 Å². The van der Waals surface area contributed by atoms with Crippen LogP contribution in [0.3, 0.4) is 0 Å². The van der Waals surface area contributed by atoms with E-state index in [0.717, 1.165) is 36.0 Å². The number of aromatic hydroxyl groups is 1. The van der Waals surface area contributed by atoms with Crippen molar-refractivity contribution in [2.24, 2.45) is 23.7 Å². The second kappa shape index (κ2) is 5.68. The van der Waals surface area contributed by atoms with Crippen LogP contribution in [0.4, 0.5) is 0 Å². The summed E-state index contributed by atoms with van der Waals surface area (Å²) in [5.74, 6) is 4.60. The fourth-order valence-corrected chi connectivity index (χ4v) is 6.16. The number of fused-ring (bicyclic) bond motifs is 2. The highest BCUT2D eigenvalue weighted by Crippen LogP contribution is 2.66. The summed E-state index contributed by atoms with van der Waals surface area (Å²) in [6.07, 6.45) is 7.14. The molecule has 0 radical (unpaired) electrons. The van der Waals surface area contributed by atoms with Gasteiger partial charge in [-0.25, -0.2) is 0 Å². The third-order valence-corrected chi connectivity index (χ3v) is 7.52. The molecule has 3 aliphatic rings. The first-order valence-corrected chi connectivity index (χ1v) is 10.0. The van der Waals surface area contributed by atoms with Crippen LogP contribution < -0.4 is 4.74 Å². The lowest BCUT2D eigenvalue weighted by Gasteiger charge is -2.43. The van der Waals surface area contributed by atoms with Crippen molar-refractivity contribution in [3.05, 3.63) is 23.3 Å². The zero-order valence-corrected chi connectivity index (χ0v) is 15.6. The fraction of sp³-hybridized carbons (Fsp3) is 0.727. The molecule has 0 bridgehead atoms. The summed E-state index contributed by atoms with van der Waals surface area (Å²) in [5.41, 5.74) is 2.31. The largest absolute Gasteiger partial charge is 0.508 e. The molecule has 0 saturated heterocycles. The molecule has 0 aromatic heterocycles. The summed E-state index contributed by atoms with van der Waals surface area (Å²) in [7, 11) is 0. The minimum atomic E-state index is -0.0319. The molecule has 2 fully saturated rings. The maximum Gasteiger partial charge on any atom is 0.127 e. The Kier molecular flexibility index (Phi) is 3.85. The van der Waals surface area contributed by atoms with Crippen LogP contribution in [0.25, 0.3) is 0 Å². The molecule has 1 aliphatic heterocycles. The molecule has 1 aromatic rings. The SMILES string of the molecule is CCCCCc1cc(O)c2c(c1)OC1(C)CCC3C(C)C(C)C2C31. The van der Waals surface area contributed by atoms with Gasteiger partial charge in [0.25, 0.3) is 0 Å². The quantitative estimate of drug-likeness (QED) is 0.721. The summed E-state index contributed by atoms with van der Waals surface area (Å²) in [4.78, 5) is 0. The van der Waals surface area contributed by atoms with Gasteiger partial charge >= 0.3 is 0 Å². The molecule has 1 aromatic carbocycles. The van der Waals surface area contributed by atoms with E-state index in [2.05, 4.69) is 33.8 Å². The second-order valence-corrected chi connectivity index (χ2v) is 8.87. The highest BCUT2D eigenvalue weighted by Gasteiger charge is 2.62. The average Bonchev–Trinajstić information content (AvgIpc) is 3.00. The minimum Gasteiger partial charge on any atom is -0.508 e.